The summed E-state index contributed by atoms with van der Waals surface area (Å²) in [5.74, 6) is 0.646. The SMILES string of the molecule is C/C1=C\C(C)C2OC2CC(C)C2CC(C)(C(=O)[O-])C12. The molecular weight excluding hydrogens is 240 g/mol. The highest BCUT2D eigenvalue weighted by Crippen LogP contribution is 2.59. The molecule has 0 N–H and O–H groups in total. The molecule has 7 atom stereocenters. The van der Waals surface area contributed by atoms with Crippen molar-refractivity contribution in [1.29, 1.82) is 0 Å². The molecule has 106 valence electrons. The van der Waals surface area contributed by atoms with Gasteiger partial charge in [0.25, 0.3) is 0 Å². The van der Waals surface area contributed by atoms with Crippen LogP contribution in [0.1, 0.15) is 40.5 Å². The van der Waals surface area contributed by atoms with Crippen LogP contribution < -0.4 is 5.11 Å². The summed E-state index contributed by atoms with van der Waals surface area (Å²) in [6, 6.07) is 0. The molecule has 7 unspecified atom stereocenters. The molecule has 0 spiro atoms. The summed E-state index contributed by atoms with van der Waals surface area (Å²) < 4.78 is 5.76. The number of hydrogen-bond donors (Lipinski definition) is 0. The van der Waals surface area contributed by atoms with Crippen molar-refractivity contribution in [3.63, 3.8) is 0 Å². The minimum atomic E-state index is -0.887. The van der Waals surface area contributed by atoms with Crippen molar-refractivity contribution in [2.45, 2.75) is 52.7 Å². The van der Waals surface area contributed by atoms with Gasteiger partial charge in [-0.05, 0) is 37.5 Å². The van der Waals surface area contributed by atoms with E-state index in [0.29, 0.717) is 30.0 Å². The minimum absolute atomic E-state index is 0.146. The molecule has 2 fully saturated rings. The lowest BCUT2D eigenvalue weighted by Gasteiger charge is -2.57. The number of carbonyl (C=O) groups is 1. The van der Waals surface area contributed by atoms with Gasteiger partial charge in [-0.2, -0.15) is 0 Å². The van der Waals surface area contributed by atoms with Crippen LogP contribution in [0, 0.1) is 29.1 Å². The van der Waals surface area contributed by atoms with Gasteiger partial charge in [0.15, 0.2) is 0 Å². The number of ether oxygens (including phenoxy) is 1. The molecule has 3 aliphatic rings. The molecule has 1 saturated carbocycles. The Morgan fingerprint density at radius 2 is 2.16 bits per heavy atom. The van der Waals surface area contributed by atoms with Crippen molar-refractivity contribution in [2.24, 2.45) is 29.1 Å². The van der Waals surface area contributed by atoms with E-state index >= 15 is 0 Å². The van der Waals surface area contributed by atoms with E-state index in [9.17, 15) is 9.90 Å². The van der Waals surface area contributed by atoms with E-state index in [1.54, 1.807) is 0 Å². The molecule has 0 aromatic heterocycles. The van der Waals surface area contributed by atoms with Gasteiger partial charge < -0.3 is 14.6 Å². The summed E-state index contributed by atoms with van der Waals surface area (Å²) >= 11 is 0. The lowest BCUT2D eigenvalue weighted by molar-refractivity contribution is -0.329. The van der Waals surface area contributed by atoms with Crippen molar-refractivity contribution < 1.29 is 14.6 Å². The number of carbonyl (C=O) groups excluding carboxylic acids is 1. The maximum Gasteiger partial charge on any atom is 0.0901 e. The first kappa shape index (κ1) is 13.2. The number of allylic oxidation sites excluding steroid dienone is 1. The molecule has 0 radical (unpaired) electrons. The molecule has 3 nitrogen and oxygen atoms in total. The topological polar surface area (TPSA) is 52.7 Å². The van der Waals surface area contributed by atoms with Crippen LogP contribution in [0.4, 0.5) is 0 Å². The Labute approximate surface area is 115 Å². The largest absolute Gasteiger partial charge is 0.550 e. The number of carboxylic acids is 1. The lowest BCUT2D eigenvalue weighted by atomic mass is 9.49. The fourth-order valence-corrected chi connectivity index (χ4v) is 4.59. The zero-order chi connectivity index (χ0) is 13.9. The van der Waals surface area contributed by atoms with E-state index in [0.717, 1.165) is 12.8 Å². The molecule has 1 saturated heterocycles. The Balaban J connectivity index is 1.93. The lowest BCUT2D eigenvalue weighted by Crippen LogP contribution is -2.58. The first-order chi connectivity index (χ1) is 8.84. The number of fused-ring (bicyclic) bond motifs is 2. The second-order valence-corrected chi connectivity index (χ2v) is 7.17. The van der Waals surface area contributed by atoms with Gasteiger partial charge >= 0.3 is 0 Å². The van der Waals surface area contributed by atoms with Gasteiger partial charge in [-0.3, -0.25) is 0 Å². The predicted molar refractivity (Wildman–Crippen MR) is 70.1 cm³/mol. The second-order valence-electron chi connectivity index (χ2n) is 7.17. The molecule has 3 rings (SSSR count). The number of aliphatic carboxylic acids is 1. The van der Waals surface area contributed by atoms with E-state index in [2.05, 4.69) is 26.8 Å². The molecular formula is C16H23O3-. The molecule has 3 heteroatoms. The summed E-state index contributed by atoms with van der Waals surface area (Å²) in [4.78, 5) is 11.5. The van der Waals surface area contributed by atoms with Crippen LogP contribution >= 0.6 is 0 Å². The number of carboxylic acid groups (broad SMARTS) is 1. The molecule has 0 aromatic rings. The van der Waals surface area contributed by atoms with Crippen LogP contribution in [0.5, 0.6) is 0 Å². The Hall–Kier alpha value is -0.830. The maximum absolute atomic E-state index is 11.5. The molecule has 19 heavy (non-hydrogen) atoms. The van der Waals surface area contributed by atoms with Gasteiger partial charge in [-0.1, -0.05) is 32.4 Å². The van der Waals surface area contributed by atoms with E-state index in [1.165, 1.54) is 5.57 Å². The summed E-state index contributed by atoms with van der Waals surface area (Å²) in [5, 5.41) is 11.5. The summed E-state index contributed by atoms with van der Waals surface area (Å²) in [5.41, 5.74) is 0.549. The van der Waals surface area contributed by atoms with Gasteiger partial charge in [0.1, 0.15) is 0 Å². The van der Waals surface area contributed by atoms with Crippen molar-refractivity contribution in [3.05, 3.63) is 11.6 Å². The average Bonchev–Trinajstić information content (AvgIpc) is 3.02. The Bertz CT molecular complexity index is 441. The third kappa shape index (κ3) is 1.85. The number of hydrogen-bond acceptors (Lipinski definition) is 3. The van der Waals surface area contributed by atoms with Crippen molar-refractivity contribution >= 4 is 5.97 Å². The van der Waals surface area contributed by atoms with E-state index < -0.39 is 11.4 Å². The van der Waals surface area contributed by atoms with Crippen LogP contribution in [0.2, 0.25) is 0 Å². The molecule has 0 bridgehead atoms. The van der Waals surface area contributed by atoms with E-state index in [4.69, 9.17) is 4.74 Å². The van der Waals surface area contributed by atoms with Crippen LogP contribution in [0.3, 0.4) is 0 Å². The third-order valence-electron chi connectivity index (χ3n) is 5.73. The summed E-state index contributed by atoms with van der Waals surface area (Å²) in [6.45, 7) is 8.36. The van der Waals surface area contributed by atoms with Crippen molar-refractivity contribution in [2.75, 3.05) is 0 Å². The van der Waals surface area contributed by atoms with Gasteiger partial charge in [0.05, 0.1) is 12.2 Å². The third-order valence-corrected chi connectivity index (χ3v) is 5.73. The molecule has 1 aliphatic heterocycles. The molecule has 0 aromatic carbocycles. The van der Waals surface area contributed by atoms with Crippen LogP contribution in [-0.2, 0) is 9.53 Å². The monoisotopic (exact) mass is 263 g/mol. The normalized spacial score (nSPS) is 55.3. The smallest absolute Gasteiger partial charge is 0.0901 e. The van der Waals surface area contributed by atoms with E-state index in [1.807, 2.05) is 6.92 Å². The van der Waals surface area contributed by atoms with Gasteiger partial charge in [-0.25, -0.2) is 0 Å². The first-order valence-electron chi connectivity index (χ1n) is 7.40. The Morgan fingerprint density at radius 3 is 2.79 bits per heavy atom. The molecule has 1 heterocycles. The van der Waals surface area contributed by atoms with Crippen LogP contribution in [0.25, 0.3) is 0 Å². The van der Waals surface area contributed by atoms with Gasteiger partial charge in [-0.15, -0.1) is 0 Å². The predicted octanol–water partition coefficient (Wildman–Crippen LogP) is 1.77. The standard InChI is InChI=1S/C16H24O3/c1-8-6-12-14(19-12)10(3)5-9(2)13-11(8)7-16(13,4)15(17)18/h5,8,10-14H,6-7H2,1-4H3,(H,17,18)/p-1/b9-5+. The van der Waals surface area contributed by atoms with Crippen molar-refractivity contribution in [3.8, 4) is 0 Å². The van der Waals surface area contributed by atoms with Gasteiger partial charge in [0.2, 0.25) is 0 Å². The fourth-order valence-electron chi connectivity index (χ4n) is 4.59. The Morgan fingerprint density at radius 1 is 1.47 bits per heavy atom. The zero-order valence-electron chi connectivity index (χ0n) is 12.2. The number of epoxide rings is 1. The fraction of sp³-hybridized carbons (Fsp3) is 0.812. The second kappa shape index (κ2) is 4.08. The van der Waals surface area contributed by atoms with E-state index in [-0.39, 0.29) is 5.92 Å². The number of rotatable bonds is 1. The summed E-state index contributed by atoms with van der Waals surface area (Å²) in [7, 11) is 0. The maximum atomic E-state index is 11.5. The van der Waals surface area contributed by atoms with Crippen LogP contribution in [0.15, 0.2) is 11.6 Å². The van der Waals surface area contributed by atoms with Crippen LogP contribution in [-0.4, -0.2) is 18.2 Å². The Kier molecular flexibility index (Phi) is 2.83. The molecule has 0 amide bonds. The summed E-state index contributed by atoms with van der Waals surface area (Å²) in [6.07, 6.45) is 4.80. The highest BCUT2D eigenvalue weighted by molar-refractivity contribution is 5.74. The minimum Gasteiger partial charge on any atom is -0.550 e. The quantitative estimate of drug-likeness (QED) is 0.535. The van der Waals surface area contributed by atoms with Crippen molar-refractivity contribution in [1.82, 2.24) is 0 Å². The zero-order valence-corrected chi connectivity index (χ0v) is 12.2. The highest BCUT2D eigenvalue weighted by atomic mass is 16.6. The van der Waals surface area contributed by atoms with Gasteiger partial charge in [0, 0.05) is 17.3 Å². The highest BCUT2D eigenvalue weighted by Gasteiger charge is 2.56. The molecule has 2 aliphatic carbocycles. The first-order valence-corrected chi connectivity index (χ1v) is 7.40. The average molecular weight is 263 g/mol.